The van der Waals surface area contributed by atoms with E-state index in [4.69, 9.17) is 0 Å². The van der Waals surface area contributed by atoms with Gasteiger partial charge in [-0.3, -0.25) is 9.59 Å². The molecule has 0 bridgehead atoms. The summed E-state index contributed by atoms with van der Waals surface area (Å²) in [5.74, 6) is 1.63. The molecule has 1 heterocycles. The van der Waals surface area contributed by atoms with Crippen LogP contribution in [0.25, 0.3) is 0 Å². The van der Waals surface area contributed by atoms with Gasteiger partial charge < -0.3 is 10.2 Å². The van der Waals surface area contributed by atoms with Gasteiger partial charge in [-0.05, 0) is 44.4 Å². The summed E-state index contributed by atoms with van der Waals surface area (Å²) in [6, 6.07) is -0.303. The summed E-state index contributed by atoms with van der Waals surface area (Å²) in [6.07, 6.45) is 8.67. The van der Waals surface area contributed by atoms with E-state index in [9.17, 15) is 9.59 Å². The molecular formula is C17H28N2O2. The standard InChI is InChI=1S/C17H28N2O2/c1-12-5-7-14(8-6-12)11-19-13(2)15(20)18-17(16(19)21)9-3-4-10-17/h12-14H,3-11H2,1-2H3,(H,18,20). The molecular weight excluding hydrogens is 264 g/mol. The van der Waals surface area contributed by atoms with Crippen molar-refractivity contribution < 1.29 is 9.59 Å². The van der Waals surface area contributed by atoms with Crippen molar-refractivity contribution in [1.29, 1.82) is 0 Å². The third-order valence-corrected chi connectivity index (χ3v) is 5.93. The molecule has 1 atom stereocenters. The Labute approximate surface area is 127 Å². The van der Waals surface area contributed by atoms with Crippen LogP contribution in [0.5, 0.6) is 0 Å². The number of rotatable bonds is 2. The quantitative estimate of drug-likeness (QED) is 0.850. The molecule has 21 heavy (non-hydrogen) atoms. The minimum Gasteiger partial charge on any atom is -0.340 e. The minimum atomic E-state index is -0.564. The van der Waals surface area contributed by atoms with Gasteiger partial charge in [-0.2, -0.15) is 0 Å². The van der Waals surface area contributed by atoms with Crippen molar-refractivity contribution in [1.82, 2.24) is 10.2 Å². The Balaban J connectivity index is 1.72. The molecule has 0 aromatic heterocycles. The molecule has 1 saturated heterocycles. The lowest BCUT2D eigenvalue weighted by atomic mass is 9.82. The van der Waals surface area contributed by atoms with Gasteiger partial charge in [0.25, 0.3) is 0 Å². The van der Waals surface area contributed by atoms with Crippen molar-refractivity contribution >= 4 is 11.8 Å². The topological polar surface area (TPSA) is 49.4 Å². The molecule has 3 rings (SSSR count). The molecule has 0 aromatic rings. The molecule has 2 amide bonds. The predicted octanol–water partition coefficient (Wildman–Crippen LogP) is 2.47. The van der Waals surface area contributed by atoms with Crippen LogP contribution in [-0.4, -0.2) is 34.8 Å². The lowest BCUT2D eigenvalue weighted by Gasteiger charge is -2.45. The van der Waals surface area contributed by atoms with E-state index < -0.39 is 5.54 Å². The summed E-state index contributed by atoms with van der Waals surface area (Å²) in [6.45, 7) is 4.97. The number of piperazine rings is 1. The average molecular weight is 292 g/mol. The monoisotopic (exact) mass is 292 g/mol. The highest BCUT2D eigenvalue weighted by atomic mass is 16.2. The average Bonchev–Trinajstić information content (AvgIpc) is 2.93. The van der Waals surface area contributed by atoms with Crippen LogP contribution in [0.1, 0.15) is 65.2 Å². The highest BCUT2D eigenvalue weighted by Crippen LogP contribution is 2.36. The van der Waals surface area contributed by atoms with Crippen LogP contribution in [0.3, 0.4) is 0 Å². The van der Waals surface area contributed by atoms with E-state index in [-0.39, 0.29) is 17.9 Å². The van der Waals surface area contributed by atoms with Crippen LogP contribution in [0, 0.1) is 11.8 Å². The lowest BCUT2D eigenvalue weighted by Crippen LogP contribution is -2.69. The summed E-state index contributed by atoms with van der Waals surface area (Å²) in [5.41, 5.74) is -0.564. The number of nitrogens with zero attached hydrogens (tertiary/aromatic N) is 1. The smallest absolute Gasteiger partial charge is 0.249 e. The number of carbonyl (C=O) groups excluding carboxylic acids is 2. The Hall–Kier alpha value is -1.06. The zero-order valence-electron chi connectivity index (χ0n) is 13.4. The highest BCUT2D eigenvalue weighted by Gasteiger charge is 2.51. The summed E-state index contributed by atoms with van der Waals surface area (Å²) in [4.78, 5) is 27.1. The molecule has 4 nitrogen and oxygen atoms in total. The second-order valence-corrected chi connectivity index (χ2v) is 7.54. The maximum atomic E-state index is 13.0. The molecule has 0 aromatic carbocycles. The fraction of sp³-hybridized carbons (Fsp3) is 0.882. The van der Waals surface area contributed by atoms with E-state index >= 15 is 0 Å². The van der Waals surface area contributed by atoms with Gasteiger partial charge in [-0.25, -0.2) is 0 Å². The Bertz CT molecular complexity index is 421. The molecule has 2 aliphatic carbocycles. The Morgan fingerprint density at radius 3 is 2.33 bits per heavy atom. The van der Waals surface area contributed by atoms with Crippen LogP contribution in [-0.2, 0) is 9.59 Å². The summed E-state index contributed by atoms with van der Waals surface area (Å²) >= 11 is 0. The third kappa shape index (κ3) is 2.69. The first-order chi connectivity index (χ1) is 10.0. The van der Waals surface area contributed by atoms with Gasteiger partial charge in [0, 0.05) is 6.54 Å². The third-order valence-electron chi connectivity index (χ3n) is 5.93. The lowest BCUT2D eigenvalue weighted by molar-refractivity contribution is -0.155. The maximum Gasteiger partial charge on any atom is 0.249 e. The maximum absolute atomic E-state index is 13.0. The minimum absolute atomic E-state index is 0.0423. The van der Waals surface area contributed by atoms with E-state index in [2.05, 4.69) is 12.2 Å². The summed E-state index contributed by atoms with van der Waals surface area (Å²) < 4.78 is 0. The first-order valence-corrected chi connectivity index (χ1v) is 8.65. The molecule has 3 fully saturated rings. The van der Waals surface area contributed by atoms with Crippen molar-refractivity contribution in [3.8, 4) is 0 Å². The van der Waals surface area contributed by atoms with Gasteiger partial charge in [-0.15, -0.1) is 0 Å². The van der Waals surface area contributed by atoms with E-state index in [1.807, 2.05) is 11.8 Å². The number of hydrogen-bond acceptors (Lipinski definition) is 2. The van der Waals surface area contributed by atoms with Crippen LogP contribution in [0.15, 0.2) is 0 Å². The van der Waals surface area contributed by atoms with Gasteiger partial charge >= 0.3 is 0 Å². The second kappa shape index (κ2) is 5.62. The van der Waals surface area contributed by atoms with Gasteiger partial charge in [0.1, 0.15) is 11.6 Å². The zero-order chi connectivity index (χ0) is 15.0. The molecule has 1 spiro atoms. The molecule has 2 saturated carbocycles. The van der Waals surface area contributed by atoms with Gasteiger partial charge in [0.2, 0.25) is 11.8 Å². The Kier molecular flexibility index (Phi) is 3.98. The van der Waals surface area contributed by atoms with E-state index in [1.54, 1.807) is 0 Å². The fourth-order valence-electron chi connectivity index (χ4n) is 4.33. The number of carbonyl (C=O) groups is 2. The van der Waals surface area contributed by atoms with Crippen LogP contribution in [0.2, 0.25) is 0 Å². The van der Waals surface area contributed by atoms with Crippen LogP contribution >= 0.6 is 0 Å². The van der Waals surface area contributed by atoms with E-state index in [1.165, 1.54) is 25.7 Å². The van der Waals surface area contributed by atoms with Gasteiger partial charge in [-0.1, -0.05) is 32.6 Å². The summed E-state index contributed by atoms with van der Waals surface area (Å²) in [5, 5.41) is 3.04. The van der Waals surface area contributed by atoms with Gasteiger partial charge in [0.05, 0.1) is 0 Å². The first kappa shape index (κ1) is 14.9. The molecule has 4 heteroatoms. The molecule has 1 N–H and O–H groups in total. The molecule has 0 radical (unpaired) electrons. The second-order valence-electron chi connectivity index (χ2n) is 7.54. The number of hydrogen-bond donors (Lipinski definition) is 1. The molecule has 118 valence electrons. The predicted molar refractivity (Wildman–Crippen MR) is 81.6 cm³/mol. The van der Waals surface area contributed by atoms with Crippen molar-refractivity contribution in [2.75, 3.05) is 6.54 Å². The van der Waals surface area contributed by atoms with Gasteiger partial charge in [0.15, 0.2) is 0 Å². The van der Waals surface area contributed by atoms with Crippen molar-refractivity contribution in [3.05, 3.63) is 0 Å². The van der Waals surface area contributed by atoms with Crippen molar-refractivity contribution in [2.24, 2.45) is 11.8 Å². The number of amides is 2. The summed E-state index contributed by atoms with van der Waals surface area (Å²) in [7, 11) is 0. The Morgan fingerprint density at radius 1 is 1.10 bits per heavy atom. The first-order valence-electron chi connectivity index (χ1n) is 8.65. The molecule has 3 aliphatic rings. The zero-order valence-corrected chi connectivity index (χ0v) is 13.4. The fourth-order valence-corrected chi connectivity index (χ4v) is 4.33. The van der Waals surface area contributed by atoms with E-state index in [0.717, 1.165) is 38.1 Å². The van der Waals surface area contributed by atoms with Crippen molar-refractivity contribution in [3.63, 3.8) is 0 Å². The molecule has 1 aliphatic heterocycles. The Morgan fingerprint density at radius 2 is 1.71 bits per heavy atom. The van der Waals surface area contributed by atoms with E-state index in [0.29, 0.717) is 5.92 Å². The highest BCUT2D eigenvalue weighted by molar-refractivity contribution is 5.99. The normalized spacial score (nSPS) is 36.1. The van der Waals surface area contributed by atoms with Crippen molar-refractivity contribution in [2.45, 2.75) is 76.8 Å². The SMILES string of the molecule is CC1CCC(CN2C(=O)C3(CCCC3)NC(=O)C2C)CC1. The molecule has 1 unspecified atom stereocenters. The largest absolute Gasteiger partial charge is 0.340 e. The number of nitrogens with one attached hydrogen (secondary N) is 1. The van der Waals surface area contributed by atoms with Crippen LogP contribution in [0.4, 0.5) is 0 Å². The van der Waals surface area contributed by atoms with Crippen LogP contribution < -0.4 is 5.32 Å².